The summed E-state index contributed by atoms with van der Waals surface area (Å²) in [5.74, 6) is 0.808. The second-order valence-corrected chi connectivity index (χ2v) is 6.24. The smallest absolute Gasteiger partial charge is 0.173 e. The average Bonchev–Trinajstić information content (AvgIpc) is 2.64. The van der Waals surface area contributed by atoms with E-state index in [1.165, 1.54) is 11.3 Å². The molecule has 0 atom stereocenters. The number of anilines is 2. The molecule has 0 amide bonds. The first-order chi connectivity index (χ1) is 12.1. The zero-order chi connectivity index (χ0) is 18.2. The van der Waals surface area contributed by atoms with Crippen molar-refractivity contribution in [2.75, 3.05) is 37.5 Å². The first-order valence-corrected chi connectivity index (χ1v) is 8.98. The summed E-state index contributed by atoms with van der Waals surface area (Å²) in [5.41, 5.74) is 3.41. The van der Waals surface area contributed by atoms with Crippen LogP contribution in [0.5, 0.6) is 5.75 Å². The van der Waals surface area contributed by atoms with Crippen molar-refractivity contribution < 1.29 is 4.74 Å². The molecule has 0 spiro atoms. The maximum atomic E-state index is 5.51. The van der Waals surface area contributed by atoms with Crippen molar-refractivity contribution in [3.05, 3.63) is 54.1 Å². The normalized spacial score (nSPS) is 10.2. The quantitative estimate of drug-likeness (QED) is 0.743. The number of hydrogen-bond acceptors (Lipinski definition) is 3. The Morgan fingerprint density at radius 3 is 2.36 bits per heavy atom. The van der Waals surface area contributed by atoms with Crippen LogP contribution in [0.15, 0.2) is 48.5 Å². The van der Waals surface area contributed by atoms with Crippen LogP contribution in [-0.4, -0.2) is 37.3 Å². The Morgan fingerprint density at radius 1 is 1.08 bits per heavy atom. The summed E-state index contributed by atoms with van der Waals surface area (Å²) in [4.78, 5) is 4.36. The lowest BCUT2D eigenvalue weighted by atomic mass is 10.2. The molecular formula is C20H27N3OS. The molecule has 0 heterocycles. The molecule has 4 nitrogen and oxygen atoms in total. The predicted octanol–water partition coefficient (Wildman–Crippen LogP) is 4.37. The fourth-order valence-corrected chi connectivity index (χ4v) is 2.85. The number of methoxy groups -OCH3 is 1. The van der Waals surface area contributed by atoms with E-state index < -0.39 is 0 Å². The number of thiocarbonyl (C=S) groups is 1. The predicted molar refractivity (Wildman–Crippen MR) is 111 cm³/mol. The van der Waals surface area contributed by atoms with Gasteiger partial charge in [-0.2, -0.15) is 0 Å². The number of ether oxygens (including phenoxy) is 1. The molecule has 2 aromatic carbocycles. The average molecular weight is 358 g/mol. The van der Waals surface area contributed by atoms with Crippen molar-refractivity contribution in [3.8, 4) is 5.75 Å². The summed E-state index contributed by atoms with van der Waals surface area (Å²) in [6, 6.07) is 16.4. The third kappa shape index (κ3) is 5.36. The van der Waals surface area contributed by atoms with Crippen LogP contribution < -0.4 is 15.0 Å². The van der Waals surface area contributed by atoms with Gasteiger partial charge in [-0.1, -0.05) is 18.2 Å². The third-order valence-electron chi connectivity index (χ3n) is 4.15. The maximum Gasteiger partial charge on any atom is 0.173 e. The zero-order valence-corrected chi connectivity index (χ0v) is 16.3. The second kappa shape index (κ2) is 9.28. The highest BCUT2D eigenvalue weighted by Gasteiger charge is 2.07. The first-order valence-electron chi connectivity index (χ1n) is 8.57. The van der Waals surface area contributed by atoms with E-state index in [9.17, 15) is 0 Å². The molecule has 2 aromatic rings. The molecule has 0 unspecified atom stereocenters. The summed E-state index contributed by atoms with van der Waals surface area (Å²) < 4.78 is 5.24. The van der Waals surface area contributed by atoms with Crippen LogP contribution in [0.1, 0.15) is 19.4 Å². The van der Waals surface area contributed by atoms with Gasteiger partial charge in [-0.15, -0.1) is 0 Å². The van der Waals surface area contributed by atoms with Crippen molar-refractivity contribution >= 4 is 28.7 Å². The van der Waals surface area contributed by atoms with E-state index in [4.69, 9.17) is 17.0 Å². The minimum Gasteiger partial charge on any atom is -0.497 e. The molecule has 0 aliphatic heterocycles. The molecule has 5 heteroatoms. The van der Waals surface area contributed by atoms with Gasteiger partial charge in [-0.05, 0) is 55.9 Å². The molecule has 0 aromatic heterocycles. The van der Waals surface area contributed by atoms with Crippen molar-refractivity contribution in [2.24, 2.45) is 0 Å². The molecule has 0 radical (unpaired) electrons. The lowest BCUT2D eigenvalue weighted by Gasteiger charge is -2.23. The number of nitrogens with zero attached hydrogens (tertiary/aromatic N) is 2. The van der Waals surface area contributed by atoms with Crippen molar-refractivity contribution in [3.63, 3.8) is 0 Å². The van der Waals surface area contributed by atoms with Crippen LogP contribution in [-0.2, 0) is 6.54 Å². The molecule has 25 heavy (non-hydrogen) atoms. The molecule has 0 saturated heterocycles. The van der Waals surface area contributed by atoms with Gasteiger partial charge < -0.3 is 19.9 Å². The van der Waals surface area contributed by atoms with E-state index in [0.717, 1.165) is 31.1 Å². The van der Waals surface area contributed by atoms with E-state index in [1.807, 2.05) is 36.2 Å². The van der Waals surface area contributed by atoms with Crippen LogP contribution in [0.3, 0.4) is 0 Å². The van der Waals surface area contributed by atoms with Gasteiger partial charge in [0, 0.05) is 44.1 Å². The van der Waals surface area contributed by atoms with E-state index in [0.29, 0.717) is 5.11 Å². The minimum atomic E-state index is 0.682. The van der Waals surface area contributed by atoms with Crippen LogP contribution in [0.4, 0.5) is 11.4 Å². The molecule has 134 valence electrons. The van der Waals surface area contributed by atoms with E-state index in [1.54, 1.807) is 7.11 Å². The molecular weight excluding hydrogens is 330 g/mol. The highest BCUT2D eigenvalue weighted by atomic mass is 32.1. The highest BCUT2D eigenvalue weighted by molar-refractivity contribution is 7.80. The summed E-state index contributed by atoms with van der Waals surface area (Å²) in [5, 5.41) is 3.94. The van der Waals surface area contributed by atoms with Gasteiger partial charge in [0.25, 0.3) is 0 Å². The van der Waals surface area contributed by atoms with Crippen molar-refractivity contribution in [2.45, 2.75) is 20.4 Å². The Labute approximate surface area is 156 Å². The number of rotatable bonds is 7. The summed E-state index contributed by atoms with van der Waals surface area (Å²) in [7, 11) is 3.65. The van der Waals surface area contributed by atoms with Gasteiger partial charge >= 0.3 is 0 Å². The summed E-state index contributed by atoms with van der Waals surface area (Å²) in [6.07, 6.45) is 0. The summed E-state index contributed by atoms with van der Waals surface area (Å²) in [6.45, 7) is 7.14. The lowest BCUT2D eigenvalue weighted by Crippen LogP contribution is -2.30. The summed E-state index contributed by atoms with van der Waals surface area (Å²) >= 11 is 5.51. The third-order valence-corrected chi connectivity index (χ3v) is 4.57. The van der Waals surface area contributed by atoms with Crippen LogP contribution in [0.25, 0.3) is 0 Å². The molecule has 0 bridgehead atoms. The van der Waals surface area contributed by atoms with Crippen molar-refractivity contribution in [1.82, 2.24) is 4.90 Å². The maximum absolute atomic E-state index is 5.51. The number of nitrogens with one attached hydrogen (secondary N) is 1. The Kier molecular flexibility index (Phi) is 7.07. The SMILES string of the molecule is CCN(CC)c1ccc(CN(C)C(=S)Nc2cccc(OC)c2)cc1. The Hall–Kier alpha value is -2.27. The molecule has 0 saturated carbocycles. The molecule has 1 N–H and O–H groups in total. The van der Waals surface area contributed by atoms with E-state index >= 15 is 0 Å². The van der Waals surface area contributed by atoms with Gasteiger partial charge in [0.15, 0.2) is 5.11 Å². The van der Waals surface area contributed by atoms with Gasteiger partial charge in [-0.3, -0.25) is 0 Å². The van der Waals surface area contributed by atoms with Gasteiger partial charge in [0.2, 0.25) is 0 Å². The fourth-order valence-electron chi connectivity index (χ4n) is 2.67. The van der Waals surface area contributed by atoms with E-state index in [2.05, 4.69) is 48.3 Å². The topological polar surface area (TPSA) is 27.7 Å². The fraction of sp³-hybridized carbons (Fsp3) is 0.350. The van der Waals surface area contributed by atoms with Gasteiger partial charge in [-0.25, -0.2) is 0 Å². The molecule has 0 fully saturated rings. The van der Waals surface area contributed by atoms with Crippen LogP contribution in [0.2, 0.25) is 0 Å². The Morgan fingerprint density at radius 2 is 1.76 bits per heavy atom. The van der Waals surface area contributed by atoms with Gasteiger partial charge in [0.05, 0.1) is 7.11 Å². The van der Waals surface area contributed by atoms with Crippen molar-refractivity contribution in [1.29, 1.82) is 0 Å². The van der Waals surface area contributed by atoms with E-state index in [-0.39, 0.29) is 0 Å². The number of hydrogen-bond donors (Lipinski definition) is 1. The van der Waals surface area contributed by atoms with Crippen LogP contribution in [0, 0.1) is 0 Å². The standard InChI is InChI=1S/C20H27N3OS/c1-5-23(6-2)18-12-10-16(11-13-18)15-22(3)20(25)21-17-8-7-9-19(14-17)24-4/h7-14H,5-6,15H2,1-4H3,(H,21,25). The van der Waals surface area contributed by atoms with Gasteiger partial charge in [0.1, 0.15) is 5.75 Å². The highest BCUT2D eigenvalue weighted by Crippen LogP contribution is 2.18. The van der Waals surface area contributed by atoms with Crippen LogP contribution >= 0.6 is 12.2 Å². The monoisotopic (exact) mass is 357 g/mol. The lowest BCUT2D eigenvalue weighted by molar-refractivity contribution is 0.415. The second-order valence-electron chi connectivity index (χ2n) is 5.86. The minimum absolute atomic E-state index is 0.682. The molecule has 0 aliphatic rings. The number of benzene rings is 2. The molecule has 0 aliphatic carbocycles. The molecule has 2 rings (SSSR count). The first kappa shape index (κ1) is 19.1. The largest absolute Gasteiger partial charge is 0.497 e. The Balaban J connectivity index is 1.96. The zero-order valence-electron chi connectivity index (χ0n) is 15.5. The Bertz CT molecular complexity index is 684.